The van der Waals surface area contributed by atoms with Gasteiger partial charge in [-0.05, 0) is 82.9 Å². The van der Waals surface area contributed by atoms with E-state index in [1.165, 1.54) is 16.3 Å². The number of ether oxygens (including phenoxy) is 1. The Kier molecular flexibility index (Phi) is 6.89. The maximum absolute atomic E-state index is 16.4. The summed E-state index contributed by atoms with van der Waals surface area (Å²) in [5.41, 5.74) is 10.3. The highest BCUT2D eigenvalue weighted by molar-refractivity contribution is 7.85. The van der Waals surface area contributed by atoms with Crippen molar-refractivity contribution in [3.05, 3.63) is 229 Å². The third kappa shape index (κ3) is 4.38. The van der Waals surface area contributed by atoms with Crippen molar-refractivity contribution in [3.63, 3.8) is 0 Å². The second-order valence-corrected chi connectivity index (χ2v) is 18.6. The minimum Gasteiger partial charge on any atom is -0.457 e. The molecule has 0 saturated carbocycles. The van der Waals surface area contributed by atoms with E-state index in [-0.39, 0.29) is 0 Å². The summed E-state index contributed by atoms with van der Waals surface area (Å²) in [6, 6.07) is 71.8. The Balaban J connectivity index is 1.10. The lowest BCUT2D eigenvalue weighted by molar-refractivity contribution is 0.435. The van der Waals surface area contributed by atoms with E-state index in [1.807, 2.05) is 60.7 Å². The van der Waals surface area contributed by atoms with Crippen LogP contribution in [-0.2, 0) is 9.98 Å². The van der Waals surface area contributed by atoms with Crippen LogP contribution in [0.4, 0.5) is 0 Å². The molecule has 5 heteroatoms. The first-order valence-electron chi connectivity index (χ1n) is 20.4. The van der Waals surface area contributed by atoms with Gasteiger partial charge in [0.05, 0.1) is 16.4 Å². The van der Waals surface area contributed by atoms with Crippen molar-refractivity contribution in [2.45, 2.75) is 5.41 Å². The number of nitrogens with zero attached hydrogens (tertiary/aromatic N) is 1. The lowest BCUT2D eigenvalue weighted by atomic mass is 9.63. The van der Waals surface area contributed by atoms with Crippen molar-refractivity contribution < 1.29 is 13.7 Å². The maximum atomic E-state index is 16.4. The van der Waals surface area contributed by atoms with Gasteiger partial charge in [-0.15, -0.1) is 0 Å². The first-order valence-corrected chi connectivity index (χ1v) is 22.1. The summed E-state index contributed by atoms with van der Waals surface area (Å²) >= 11 is 0. The van der Waals surface area contributed by atoms with Gasteiger partial charge in [0.1, 0.15) is 22.7 Å². The minimum atomic E-state index is -3.43. The molecule has 0 saturated heterocycles. The molecule has 1 spiro atoms. The minimum absolute atomic E-state index is 0.723. The van der Waals surface area contributed by atoms with Crippen molar-refractivity contribution in [2.24, 2.45) is 0 Å². The molecular formula is C55H34NO3P. The maximum Gasteiger partial charge on any atom is 0.171 e. The first-order chi connectivity index (χ1) is 29.6. The average Bonchev–Trinajstić information content (AvgIpc) is 3.85. The van der Waals surface area contributed by atoms with Crippen LogP contribution in [0.15, 0.2) is 211 Å². The summed E-state index contributed by atoms with van der Waals surface area (Å²) in [5, 5.41) is 6.82. The number of hydrogen-bond donors (Lipinski definition) is 0. The number of hydrogen-bond acceptors (Lipinski definition) is 3. The molecule has 282 valence electrons. The number of benzene rings is 9. The van der Waals surface area contributed by atoms with Gasteiger partial charge in [0.25, 0.3) is 0 Å². The molecular weight excluding hydrogens is 754 g/mol. The molecule has 13 rings (SSSR count). The van der Waals surface area contributed by atoms with Crippen molar-refractivity contribution >= 4 is 66.8 Å². The van der Waals surface area contributed by atoms with Crippen LogP contribution in [0.2, 0.25) is 0 Å². The van der Waals surface area contributed by atoms with E-state index in [1.54, 1.807) is 0 Å². The zero-order valence-electron chi connectivity index (χ0n) is 32.2. The molecule has 9 aromatic carbocycles. The zero-order chi connectivity index (χ0) is 39.6. The summed E-state index contributed by atoms with van der Waals surface area (Å²) in [6.45, 7) is 0. The molecule has 0 N–H and O–H groups in total. The number of aromatic nitrogens is 1. The Morgan fingerprint density at radius 1 is 0.417 bits per heavy atom. The summed E-state index contributed by atoms with van der Waals surface area (Å²) < 4.78 is 32.3. The van der Waals surface area contributed by atoms with Gasteiger partial charge in [-0.3, -0.25) is 0 Å². The molecule has 0 bridgehead atoms. The number of furan rings is 1. The van der Waals surface area contributed by atoms with E-state index in [0.29, 0.717) is 0 Å². The largest absolute Gasteiger partial charge is 0.457 e. The van der Waals surface area contributed by atoms with Crippen molar-refractivity contribution in [1.29, 1.82) is 0 Å². The summed E-state index contributed by atoms with van der Waals surface area (Å²) in [5.74, 6) is 1.55. The van der Waals surface area contributed by atoms with Gasteiger partial charge in [-0.1, -0.05) is 146 Å². The quantitative estimate of drug-likeness (QED) is 0.168. The molecule has 60 heavy (non-hydrogen) atoms. The van der Waals surface area contributed by atoms with Crippen molar-refractivity contribution in [1.82, 2.24) is 4.57 Å². The Hall–Kier alpha value is -7.39. The van der Waals surface area contributed by atoms with Crippen molar-refractivity contribution in [3.8, 4) is 28.3 Å². The third-order valence-corrected chi connectivity index (χ3v) is 16.1. The van der Waals surface area contributed by atoms with Crippen LogP contribution >= 0.6 is 7.14 Å². The van der Waals surface area contributed by atoms with Gasteiger partial charge in [0, 0.05) is 54.3 Å². The van der Waals surface area contributed by atoms with E-state index in [4.69, 9.17) is 9.15 Å². The SMILES string of the molecule is O=P1(c2ccccc2)c2ccccc2C2(c3ccccc3Oc3cc(-c4ccc5c(c4)c4ccccc4n5-c4ccccc4)ccc32)c2cc3c(cc21)oc1ccccc13. The van der Waals surface area contributed by atoms with Gasteiger partial charge < -0.3 is 18.3 Å². The topological polar surface area (TPSA) is 44.4 Å². The van der Waals surface area contributed by atoms with Gasteiger partial charge >= 0.3 is 0 Å². The smallest absolute Gasteiger partial charge is 0.171 e. The Labute approximate surface area is 345 Å². The predicted octanol–water partition coefficient (Wildman–Crippen LogP) is 12.8. The molecule has 0 fully saturated rings. The molecule has 2 aliphatic heterocycles. The Morgan fingerprint density at radius 3 is 1.93 bits per heavy atom. The van der Waals surface area contributed by atoms with E-state index >= 15 is 4.57 Å². The average molecular weight is 788 g/mol. The highest BCUT2D eigenvalue weighted by atomic mass is 31.2. The fourth-order valence-electron chi connectivity index (χ4n) is 10.4. The van der Waals surface area contributed by atoms with E-state index in [9.17, 15) is 0 Å². The zero-order valence-corrected chi connectivity index (χ0v) is 33.1. The van der Waals surface area contributed by atoms with Crippen LogP contribution in [0, 0.1) is 0 Å². The summed E-state index contributed by atoms with van der Waals surface area (Å²) in [4.78, 5) is 0. The molecule has 0 aliphatic carbocycles. The normalized spacial score (nSPS) is 17.7. The molecule has 2 aromatic heterocycles. The lowest BCUT2D eigenvalue weighted by Crippen LogP contribution is -2.47. The van der Waals surface area contributed by atoms with Crippen LogP contribution in [-0.4, -0.2) is 4.57 Å². The van der Waals surface area contributed by atoms with Crippen LogP contribution in [0.1, 0.15) is 22.3 Å². The molecule has 4 nitrogen and oxygen atoms in total. The fourth-order valence-corrected chi connectivity index (χ4v) is 13.5. The van der Waals surface area contributed by atoms with E-state index in [2.05, 4.69) is 150 Å². The van der Waals surface area contributed by atoms with Crippen LogP contribution < -0.4 is 20.7 Å². The highest BCUT2D eigenvalue weighted by Crippen LogP contribution is 2.62. The summed E-state index contributed by atoms with van der Waals surface area (Å²) in [6.07, 6.45) is 0. The molecule has 11 aromatic rings. The Morgan fingerprint density at radius 2 is 1.07 bits per heavy atom. The van der Waals surface area contributed by atoms with Gasteiger partial charge in [-0.25, -0.2) is 0 Å². The standard InChI is InChI=1S/C55H34NO3P/c57-60(38-17-5-2-6-18-38)53-26-14-10-22-45(53)55(46-33-42-40-20-8-12-24-49(40)58-51(42)34-54(46)60)43-21-9-13-25-50(43)59-52-32-36(27-29-44(52)55)35-28-30-48-41(31-35)39-19-7-11-23-47(39)56(48)37-15-3-1-4-16-37/h1-34H. The fraction of sp³-hybridized carbons (Fsp3) is 0.0182. The van der Waals surface area contributed by atoms with Gasteiger partial charge in [0.15, 0.2) is 7.14 Å². The molecule has 0 amide bonds. The first kappa shape index (κ1) is 33.6. The van der Waals surface area contributed by atoms with Crippen molar-refractivity contribution in [2.75, 3.05) is 0 Å². The second-order valence-electron chi connectivity index (χ2n) is 15.9. The predicted molar refractivity (Wildman–Crippen MR) is 245 cm³/mol. The molecule has 0 radical (unpaired) electrons. The van der Waals surface area contributed by atoms with Crippen LogP contribution in [0.25, 0.3) is 60.6 Å². The number of para-hydroxylation sites is 4. The van der Waals surface area contributed by atoms with Crippen LogP contribution in [0.3, 0.4) is 0 Å². The van der Waals surface area contributed by atoms with Gasteiger partial charge in [-0.2, -0.15) is 0 Å². The van der Waals surface area contributed by atoms with E-state index < -0.39 is 12.6 Å². The van der Waals surface area contributed by atoms with Gasteiger partial charge in [0.2, 0.25) is 0 Å². The number of rotatable bonds is 3. The van der Waals surface area contributed by atoms with Crippen LogP contribution in [0.5, 0.6) is 11.5 Å². The Bertz CT molecular complexity index is 3620. The summed E-state index contributed by atoms with van der Waals surface area (Å²) in [7, 11) is -3.43. The third-order valence-electron chi connectivity index (χ3n) is 12.9. The molecule has 2 unspecified atom stereocenters. The van der Waals surface area contributed by atoms with E-state index in [0.717, 1.165) is 93.9 Å². The lowest BCUT2D eigenvalue weighted by Gasteiger charge is -2.47. The molecule has 4 heterocycles. The monoisotopic (exact) mass is 787 g/mol. The molecule has 2 aliphatic rings. The number of fused-ring (bicyclic) bond motifs is 14. The second kappa shape index (κ2) is 12.3. The molecule has 2 atom stereocenters. The highest BCUT2D eigenvalue weighted by Gasteiger charge is 2.55.